The zero-order valence-electron chi connectivity index (χ0n) is 22.7. The lowest BCUT2D eigenvalue weighted by Crippen LogP contribution is -1.94. The number of benzene rings is 6. The van der Waals surface area contributed by atoms with E-state index in [2.05, 4.69) is 117 Å². The second-order valence-electron chi connectivity index (χ2n) is 10.8. The molecule has 0 atom stereocenters. The Kier molecular flexibility index (Phi) is 4.87. The number of hydrogen-bond donors (Lipinski definition) is 0. The number of fused-ring (bicyclic) bond motifs is 9. The van der Waals surface area contributed by atoms with Crippen LogP contribution in [0.1, 0.15) is 5.56 Å². The van der Waals surface area contributed by atoms with E-state index in [0.29, 0.717) is 11.3 Å². The minimum Gasteiger partial charge on any atom is -0.309 e. The number of hydrogen-bond acceptors (Lipinski definition) is 2. The predicted octanol–water partition coefficient (Wildman–Crippen LogP) is 10.7. The Hall–Kier alpha value is -5.88. The molecule has 9 aromatic rings. The highest BCUT2D eigenvalue weighted by Gasteiger charge is 2.18. The first-order valence-electron chi connectivity index (χ1n) is 14.0. The average Bonchev–Trinajstić information content (AvgIpc) is 3.71. The summed E-state index contributed by atoms with van der Waals surface area (Å²) < 4.78 is 7.11. The molecule has 43 heavy (non-hydrogen) atoms. The fourth-order valence-corrected chi connectivity index (χ4v) is 7.88. The van der Waals surface area contributed by atoms with Gasteiger partial charge in [-0.3, -0.25) is 0 Å². The van der Waals surface area contributed by atoms with Crippen molar-refractivity contribution >= 4 is 80.8 Å². The number of thiophene rings is 1. The Bertz CT molecular complexity index is 2710. The Morgan fingerprint density at radius 1 is 0.581 bits per heavy atom. The number of nitriles is 1. The van der Waals surface area contributed by atoms with Gasteiger partial charge in [-0.1, -0.05) is 54.6 Å². The maximum Gasteiger partial charge on any atom is 0.188 e. The van der Waals surface area contributed by atoms with E-state index in [9.17, 15) is 5.26 Å². The lowest BCUT2D eigenvalue weighted by molar-refractivity contribution is 1.19. The second kappa shape index (κ2) is 8.81. The Balaban J connectivity index is 1.32. The predicted molar refractivity (Wildman–Crippen MR) is 179 cm³/mol. The van der Waals surface area contributed by atoms with E-state index >= 15 is 0 Å². The summed E-state index contributed by atoms with van der Waals surface area (Å²) in [6.07, 6.45) is 0. The molecule has 3 heterocycles. The topological polar surface area (TPSA) is 38.0 Å². The molecule has 0 aliphatic carbocycles. The van der Waals surface area contributed by atoms with Crippen LogP contribution in [0.25, 0.3) is 80.0 Å². The van der Waals surface area contributed by atoms with Gasteiger partial charge < -0.3 is 9.13 Å². The van der Waals surface area contributed by atoms with Gasteiger partial charge in [0.2, 0.25) is 0 Å². The minimum atomic E-state index is 0.650. The largest absolute Gasteiger partial charge is 0.309 e. The number of aromatic nitrogens is 2. The van der Waals surface area contributed by atoms with Gasteiger partial charge in [0.05, 0.1) is 50.7 Å². The maximum absolute atomic E-state index is 9.55. The van der Waals surface area contributed by atoms with Crippen LogP contribution in [-0.4, -0.2) is 9.13 Å². The molecule has 0 fully saturated rings. The van der Waals surface area contributed by atoms with Crippen molar-refractivity contribution in [3.63, 3.8) is 0 Å². The third kappa shape index (κ3) is 3.29. The van der Waals surface area contributed by atoms with Gasteiger partial charge in [0, 0.05) is 37.3 Å². The van der Waals surface area contributed by atoms with Gasteiger partial charge in [0.25, 0.3) is 0 Å². The highest BCUT2D eigenvalue weighted by Crippen LogP contribution is 2.42. The molecule has 198 valence electrons. The summed E-state index contributed by atoms with van der Waals surface area (Å²) in [4.78, 5) is 3.69. The normalized spacial score (nSPS) is 11.7. The fraction of sp³-hybridized carbons (Fsp3) is 0. The monoisotopic (exact) mass is 564 g/mol. The van der Waals surface area contributed by atoms with Crippen molar-refractivity contribution in [1.82, 2.24) is 9.13 Å². The van der Waals surface area contributed by atoms with Gasteiger partial charge in [0.1, 0.15) is 0 Å². The van der Waals surface area contributed by atoms with E-state index in [-0.39, 0.29) is 0 Å². The average molecular weight is 565 g/mol. The third-order valence-corrected chi connectivity index (χ3v) is 9.75. The zero-order valence-corrected chi connectivity index (χ0v) is 23.6. The van der Waals surface area contributed by atoms with Gasteiger partial charge in [-0.15, -0.1) is 11.3 Å². The van der Waals surface area contributed by atoms with Crippen LogP contribution in [0.5, 0.6) is 0 Å². The van der Waals surface area contributed by atoms with Crippen LogP contribution in [0, 0.1) is 17.9 Å². The third-order valence-electron chi connectivity index (χ3n) is 8.55. The van der Waals surface area contributed by atoms with E-state index in [0.717, 1.165) is 55.0 Å². The number of nitrogens with zero attached hydrogens (tertiary/aromatic N) is 4. The summed E-state index contributed by atoms with van der Waals surface area (Å²) in [5.41, 5.74) is 7.99. The lowest BCUT2D eigenvalue weighted by atomic mass is 10.1. The number of para-hydroxylation sites is 2. The molecule has 4 nitrogen and oxygen atoms in total. The van der Waals surface area contributed by atoms with Crippen LogP contribution in [0.4, 0.5) is 5.69 Å². The van der Waals surface area contributed by atoms with E-state index in [1.807, 2.05) is 35.6 Å². The van der Waals surface area contributed by atoms with Gasteiger partial charge in [-0.25, -0.2) is 4.85 Å². The Morgan fingerprint density at radius 3 is 2.05 bits per heavy atom. The lowest BCUT2D eigenvalue weighted by Gasteiger charge is -2.10. The van der Waals surface area contributed by atoms with Gasteiger partial charge >= 0.3 is 0 Å². The molecule has 0 radical (unpaired) electrons. The van der Waals surface area contributed by atoms with Gasteiger partial charge in [-0.2, -0.15) is 5.26 Å². The Labute approximate surface area is 250 Å². The molecule has 0 saturated heterocycles. The summed E-state index contributed by atoms with van der Waals surface area (Å²) in [5, 5.41) is 16.4. The maximum atomic E-state index is 9.55. The van der Waals surface area contributed by atoms with Crippen molar-refractivity contribution in [3.8, 4) is 17.4 Å². The molecule has 5 heteroatoms. The van der Waals surface area contributed by atoms with Crippen LogP contribution < -0.4 is 0 Å². The highest BCUT2D eigenvalue weighted by molar-refractivity contribution is 7.26. The van der Waals surface area contributed by atoms with Gasteiger partial charge in [-0.05, 0) is 72.1 Å². The van der Waals surface area contributed by atoms with Crippen LogP contribution >= 0.6 is 11.3 Å². The SMILES string of the molecule is [C-]#[N+]c1ccc2c(c1)c1ccccc1n2-c1cccc2c1sc1ccc(-n3c4ccccc4c4cc(C#N)ccc43)cc12. The molecule has 0 amide bonds. The molecule has 0 N–H and O–H groups in total. The molecule has 0 unspecified atom stereocenters. The smallest absolute Gasteiger partial charge is 0.188 e. The van der Waals surface area contributed by atoms with Crippen molar-refractivity contribution in [2.45, 2.75) is 0 Å². The van der Waals surface area contributed by atoms with Crippen LogP contribution in [-0.2, 0) is 0 Å². The quantitative estimate of drug-likeness (QED) is 0.192. The van der Waals surface area contributed by atoms with Gasteiger partial charge in [0.15, 0.2) is 5.69 Å². The molecule has 0 spiro atoms. The first-order valence-corrected chi connectivity index (χ1v) is 14.9. The van der Waals surface area contributed by atoms with E-state index < -0.39 is 0 Å². The molecule has 6 aromatic carbocycles. The summed E-state index contributed by atoms with van der Waals surface area (Å²) in [6.45, 7) is 7.55. The van der Waals surface area contributed by atoms with Crippen LogP contribution in [0.2, 0.25) is 0 Å². The van der Waals surface area contributed by atoms with E-state index in [4.69, 9.17) is 6.57 Å². The van der Waals surface area contributed by atoms with E-state index in [1.165, 1.54) is 20.2 Å². The first kappa shape index (κ1) is 23.8. The molecule has 0 aliphatic heterocycles. The standard InChI is InChI=1S/C38H20N4S/c1-40-24-14-17-35-30(20-24)27-8-3-5-11-33(27)42(35)36-12-6-9-28-31-21-25(15-18-37(31)43-38(28)36)41-32-10-4-2-7-26(32)29-19-23(22-39)13-16-34(29)41/h2-21H. The second-order valence-corrected chi connectivity index (χ2v) is 11.9. The molecular weight excluding hydrogens is 545 g/mol. The van der Waals surface area contributed by atoms with Crippen LogP contribution in [0.3, 0.4) is 0 Å². The van der Waals surface area contributed by atoms with Crippen LogP contribution in [0.15, 0.2) is 121 Å². The minimum absolute atomic E-state index is 0.650. The molecule has 0 aliphatic rings. The molecule has 0 bridgehead atoms. The van der Waals surface area contributed by atoms with Crippen molar-refractivity contribution in [1.29, 1.82) is 5.26 Å². The fourth-order valence-electron chi connectivity index (χ4n) is 6.70. The van der Waals surface area contributed by atoms with E-state index in [1.54, 1.807) is 0 Å². The molecular formula is C38H20N4S. The van der Waals surface area contributed by atoms with Crippen molar-refractivity contribution in [2.24, 2.45) is 0 Å². The summed E-state index contributed by atoms with van der Waals surface area (Å²) >= 11 is 1.81. The zero-order chi connectivity index (χ0) is 28.7. The molecule has 3 aromatic heterocycles. The molecule has 9 rings (SSSR count). The van der Waals surface area contributed by atoms with Crippen molar-refractivity contribution < 1.29 is 0 Å². The summed E-state index contributed by atoms with van der Waals surface area (Å²) in [5.74, 6) is 0. The highest BCUT2D eigenvalue weighted by atomic mass is 32.1. The Morgan fingerprint density at radius 2 is 1.26 bits per heavy atom. The number of rotatable bonds is 2. The molecule has 0 saturated carbocycles. The van der Waals surface area contributed by atoms with Crippen molar-refractivity contribution in [2.75, 3.05) is 0 Å². The summed E-state index contributed by atoms with van der Waals surface area (Å²) in [6, 6.07) is 44.4. The summed E-state index contributed by atoms with van der Waals surface area (Å²) in [7, 11) is 0. The first-order chi connectivity index (χ1) is 21.2. The van der Waals surface area contributed by atoms with Crippen molar-refractivity contribution in [3.05, 3.63) is 138 Å².